The molecule has 2 heterocycles. The number of rotatable bonds is 6. The lowest BCUT2D eigenvalue weighted by Crippen LogP contribution is -2.46. The molecule has 8 nitrogen and oxygen atoms in total. The molecule has 1 saturated heterocycles. The van der Waals surface area contributed by atoms with Crippen LogP contribution >= 0.6 is 0 Å². The highest BCUT2D eigenvalue weighted by atomic mass is 15.3. The molecule has 0 amide bonds. The lowest BCUT2D eigenvalue weighted by atomic mass is 9.99. The van der Waals surface area contributed by atoms with Gasteiger partial charge in [0.15, 0.2) is 5.84 Å². The molecule has 1 aromatic carbocycles. The first-order chi connectivity index (χ1) is 13.6. The van der Waals surface area contributed by atoms with E-state index < -0.39 is 0 Å². The third kappa shape index (κ3) is 5.10. The maximum atomic E-state index is 8.20. The molecule has 148 valence electrons. The van der Waals surface area contributed by atoms with E-state index in [9.17, 15) is 0 Å². The monoisotopic (exact) mass is 380 g/mol. The summed E-state index contributed by atoms with van der Waals surface area (Å²) >= 11 is 0. The first kappa shape index (κ1) is 19.9. The van der Waals surface area contributed by atoms with E-state index in [1.165, 1.54) is 5.56 Å². The third-order valence-electron chi connectivity index (χ3n) is 4.82. The van der Waals surface area contributed by atoms with E-state index >= 15 is 0 Å². The van der Waals surface area contributed by atoms with Gasteiger partial charge in [-0.05, 0) is 36.1 Å². The maximum absolute atomic E-state index is 8.20. The fourth-order valence-corrected chi connectivity index (χ4v) is 3.51. The molecule has 28 heavy (non-hydrogen) atoms. The van der Waals surface area contributed by atoms with Crippen LogP contribution in [-0.2, 0) is 13.0 Å². The molecular weight excluding hydrogens is 352 g/mol. The van der Waals surface area contributed by atoms with Crippen molar-refractivity contribution in [3.63, 3.8) is 0 Å². The molecule has 1 fully saturated rings. The maximum Gasteiger partial charge on any atom is 0.178 e. The lowest BCUT2D eigenvalue weighted by Gasteiger charge is -2.36. The first-order valence-electron chi connectivity index (χ1n) is 9.62. The van der Waals surface area contributed by atoms with Crippen molar-refractivity contribution in [3.05, 3.63) is 53.6 Å². The van der Waals surface area contributed by atoms with Gasteiger partial charge in [-0.2, -0.15) is 0 Å². The van der Waals surface area contributed by atoms with Crippen LogP contribution in [-0.4, -0.2) is 46.9 Å². The molecular formula is C20H28N8. The Labute approximate surface area is 166 Å². The fourth-order valence-electron chi connectivity index (χ4n) is 3.51. The average molecular weight is 381 g/mol. The van der Waals surface area contributed by atoms with E-state index in [2.05, 4.69) is 56.1 Å². The van der Waals surface area contributed by atoms with Gasteiger partial charge >= 0.3 is 0 Å². The second-order valence-corrected chi connectivity index (χ2v) is 7.44. The van der Waals surface area contributed by atoms with Gasteiger partial charge in [-0.1, -0.05) is 25.1 Å². The summed E-state index contributed by atoms with van der Waals surface area (Å²) in [4.78, 5) is 13.3. The van der Waals surface area contributed by atoms with Crippen LogP contribution in [0.5, 0.6) is 0 Å². The molecule has 8 heteroatoms. The first-order valence-corrected chi connectivity index (χ1v) is 9.62. The van der Waals surface area contributed by atoms with E-state index in [0.717, 1.165) is 56.2 Å². The van der Waals surface area contributed by atoms with Gasteiger partial charge in [0.25, 0.3) is 0 Å². The molecule has 0 saturated carbocycles. The number of nitrogens with one attached hydrogen (secondary N) is 1. The van der Waals surface area contributed by atoms with E-state index in [0.29, 0.717) is 5.92 Å². The Balaban J connectivity index is 1.75. The van der Waals surface area contributed by atoms with E-state index in [1.54, 1.807) is 12.4 Å². The zero-order valence-corrected chi connectivity index (χ0v) is 16.5. The molecule has 0 radical (unpaired) electrons. The van der Waals surface area contributed by atoms with Crippen molar-refractivity contribution in [1.29, 1.82) is 5.41 Å². The van der Waals surface area contributed by atoms with Crippen molar-refractivity contribution in [2.24, 2.45) is 22.1 Å². The number of piperazine rings is 1. The summed E-state index contributed by atoms with van der Waals surface area (Å²) in [7, 11) is 0. The topological polar surface area (TPSA) is 107 Å². The Kier molecular flexibility index (Phi) is 6.65. The third-order valence-corrected chi connectivity index (χ3v) is 4.82. The van der Waals surface area contributed by atoms with Crippen molar-refractivity contribution < 1.29 is 0 Å². The van der Waals surface area contributed by atoms with Gasteiger partial charge in [-0.3, -0.25) is 10.3 Å². The van der Waals surface area contributed by atoms with Crippen LogP contribution in [0.1, 0.15) is 30.8 Å². The van der Waals surface area contributed by atoms with Crippen LogP contribution in [0.25, 0.3) is 0 Å². The van der Waals surface area contributed by atoms with E-state index in [4.69, 9.17) is 11.3 Å². The van der Waals surface area contributed by atoms with Crippen molar-refractivity contribution >= 4 is 11.5 Å². The van der Waals surface area contributed by atoms with Gasteiger partial charge in [0.1, 0.15) is 5.82 Å². The van der Waals surface area contributed by atoms with Gasteiger partial charge in [0.05, 0.1) is 6.54 Å². The van der Waals surface area contributed by atoms with Crippen molar-refractivity contribution in [1.82, 2.24) is 14.9 Å². The van der Waals surface area contributed by atoms with Gasteiger partial charge in [-0.25, -0.2) is 9.97 Å². The number of hydrogen-bond acceptors (Lipinski definition) is 6. The standard InChI is InChI=1S/C20H28N8/c1-15(2)12-16-4-5-17(20(21)25-26-22)18(13-16)28-10-8-27(9-11-28)14-19-23-6-3-7-24-19/h3-7,13,15H,8-12,14H2,1-2H3,(H3,21,22,25). The number of amidine groups is 1. The zero-order chi connectivity index (χ0) is 19.9. The minimum absolute atomic E-state index is 0.0914. The Bertz CT molecular complexity index is 810. The smallest absolute Gasteiger partial charge is 0.178 e. The van der Waals surface area contributed by atoms with Crippen molar-refractivity contribution in [2.45, 2.75) is 26.8 Å². The molecule has 2 aromatic rings. The Hall–Kier alpha value is -2.87. The fraction of sp³-hybridized carbons (Fsp3) is 0.450. The van der Waals surface area contributed by atoms with E-state index in [-0.39, 0.29) is 5.84 Å². The van der Waals surface area contributed by atoms with Gasteiger partial charge in [0, 0.05) is 49.8 Å². The Morgan fingerprint density at radius 1 is 1.18 bits per heavy atom. The molecule has 0 bridgehead atoms. The Morgan fingerprint density at radius 2 is 1.89 bits per heavy atom. The predicted octanol–water partition coefficient (Wildman–Crippen LogP) is 2.65. The summed E-state index contributed by atoms with van der Waals surface area (Å²) in [6.45, 7) is 8.75. The summed E-state index contributed by atoms with van der Waals surface area (Å²) in [5.74, 6) is 6.68. The number of anilines is 1. The summed E-state index contributed by atoms with van der Waals surface area (Å²) in [6.07, 6.45) is 4.57. The lowest BCUT2D eigenvalue weighted by molar-refractivity contribution is 0.244. The number of nitrogens with two attached hydrogens (primary N) is 1. The molecule has 3 rings (SSSR count). The van der Waals surface area contributed by atoms with Crippen LogP contribution in [0, 0.1) is 11.3 Å². The molecule has 1 aromatic heterocycles. The minimum atomic E-state index is 0.0914. The molecule has 0 atom stereocenters. The van der Waals surface area contributed by atoms with Crippen LogP contribution in [0.4, 0.5) is 5.69 Å². The zero-order valence-electron chi connectivity index (χ0n) is 16.5. The summed E-state index contributed by atoms with van der Waals surface area (Å²) < 4.78 is 0. The molecule has 0 unspecified atom stereocenters. The predicted molar refractivity (Wildman–Crippen MR) is 110 cm³/mol. The SMILES string of the molecule is CC(C)Cc1ccc(C(=N)/N=N\N)c(N2CCN(Cc3ncccn3)CC2)c1. The van der Waals surface area contributed by atoms with Crippen molar-refractivity contribution in [2.75, 3.05) is 31.1 Å². The summed E-state index contributed by atoms with van der Waals surface area (Å²) in [6, 6.07) is 8.06. The normalized spacial score (nSPS) is 15.5. The van der Waals surface area contributed by atoms with E-state index in [1.807, 2.05) is 12.1 Å². The molecule has 0 aliphatic carbocycles. The van der Waals surface area contributed by atoms with Gasteiger partial charge < -0.3 is 10.7 Å². The number of hydrogen-bond donors (Lipinski definition) is 2. The number of benzene rings is 1. The van der Waals surface area contributed by atoms with Crippen LogP contribution in [0.3, 0.4) is 0 Å². The number of nitrogens with zero attached hydrogens (tertiary/aromatic N) is 6. The highest BCUT2D eigenvalue weighted by Gasteiger charge is 2.22. The summed E-state index contributed by atoms with van der Waals surface area (Å²) in [5.41, 5.74) is 3.07. The quantitative estimate of drug-likeness (QED) is 0.263. The van der Waals surface area contributed by atoms with Crippen LogP contribution in [0.2, 0.25) is 0 Å². The highest BCUT2D eigenvalue weighted by Crippen LogP contribution is 2.26. The molecule has 1 aliphatic rings. The van der Waals surface area contributed by atoms with Crippen LogP contribution < -0.4 is 10.7 Å². The molecule has 0 spiro atoms. The highest BCUT2D eigenvalue weighted by molar-refractivity contribution is 6.02. The average Bonchev–Trinajstić information content (AvgIpc) is 2.69. The van der Waals surface area contributed by atoms with Crippen molar-refractivity contribution in [3.8, 4) is 0 Å². The Morgan fingerprint density at radius 3 is 2.54 bits per heavy atom. The molecule has 1 aliphatic heterocycles. The van der Waals surface area contributed by atoms with Gasteiger partial charge in [-0.15, -0.1) is 5.11 Å². The second-order valence-electron chi connectivity index (χ2n) is 7.44. The summed E-state index contributed by atoms with van der Waals surface area (Å²) in [5, 5.41) is 15.2. The molecule has 3 N–H and O–H groups in total. The number of aromatic nitrogens is 2. The van der Waals surface area contributed by atoms with Crippen LogP contribution in [0.15, 0.2) is 47.0 Å². The largest absolute Gasteiger partial charge is 0.368 e. The second kappa shape index (κ2) is 9.36. The minimum Gasteiger partial charge on any atom is -0.368 e. The van der Waals surface area contributed by atoms with Gasteiger partial charge in [0.2, 0.25) is 0 Å².